The van der Waals surface area contributed by atoms with Gasteiger partial charge in [-0.3, -0.25) is 4.79 Å². The number of fused-ring (bicyclic) bond motifs is 3. The Labute approximate surface area is 156 Å². The number of aromatic nitrogens is 2. The Morgan fingerprint density at radius 3 is 2.81 bits per heavy atom. The number of imidazole rings is 1. The third-order valence-corrected chi connectivity index (χ3v) is 5.48. The van der Waals surface area contributed by atoms with Gasteiger partial charge in [-0.05, 0) is 42.8 Å². The minimum absolute atomic E-state index is 0.132. The molecule has 0 amide bonds. The second-order valence-electron chi connectivity index (χ2n) is 6.27. The van der Waals surface area contributed by atoms with E-state index >= 15 is 0 Å². The monoisotopic (exact) mass is 376 g/mol. The lowest BCUT2D eigenvalue weighted by molar-refractivity contribution is 0.560. The van der Waals surface area contributed by atoms with Crippen LogP contribution in [0.1, 0.15) is 11.3 Å². The zero-order valence-corrected chi connectivity index (χ0v) is 15.1. The van der Waals surface area contributed by atoms with Gasteiger partial charge in [0.1, 0.15) is 21.9 Å². The van der Waals surface area contributed by atoms with Crippen molar-refractivity contribution >= 4 is 33.4 Å². The standard InChI is InChI=1S/C21H13FN2O2S/c1-12-5-4-8-16-19(12)23-21-24(16)20(25)18(27-21)11-13-9-10-17(26-13)14-6-2-3-7-15(14)22/h2-11H,1H3/b18-11-. The van der Waals surface area contributed by atoms with Crippen LogP contribution >= 0.6 is 11.3 Å². The third kappa shape index (κ3) is 2.49. The molecule has 0 fully saturated rings. The number of benzene rings is 2. The Kier molecular flexibility index (Phi) is 3.48. The second-order valence-corrected chi connectivity index (χ2v) is 7.28. The molecular formula is C21H13FN2O2S. The molecule has 0 bridgehead atoms. The largest absolute Gasteiger partial charge is 0.457 e. The molecule has 0 aliphatic heterocycles. The molecule has 0 aliphatic rings. The average Bonchev–Trinajstić information content (AvgIpc) is 3.33. The van der Waals surface area contributed by atoms with E-state index < -0.39 is 0 Å². The summed E-state index contributed by atoms with van der Waals surface area (Å²) in [7, 11) is 0. The van der Waals surface area contributed by atoms with E-state index in [0.29, 0.717) is 26.6 Å². The molecule has 0 atom stereocenters. The molecule has 2 aromatic carbocycles. The van der Waals surface area contributed by atoms with Gasteiger partial charge in [0.25, 0.3) is 5.56 Å². The highest BCUT2D eigenvalue weighted by atomic mass is 32.1. The van der Waals surface area contributed by atoms with Crippen LogP contribution in [0.3, 0.4) is 0 Å². The van der Waals surface area contributed by atoms with Gasteiger partial charge in [-0.2, -0.15) is 0 Å². The number of thiazole rings is 1. The molecule has 132 valence electrons. The molecule has 0 N–H and O–H groups in total. The quantitative estimate of drug-likeness (QED) is 0.465. The highest BCUT2D eigenvalue weighted by Crippen LogP contribution is 2.25. The lowest BCUT2D eigenvalue weighted by Crippen LogP contribution is -2.22. The van der Waals surface area contributed by atoms with Gasteiger partial charge in [0.2, 0.25) is 0 Å². The lowest BCUT2D eigenvalue weighted by atomic mass is 10.1. The van der Waals surface area contributed by atoms with Gasteiger partial charge in [0.05, 0.1) is 16.6 Å². The third-order valence-electron chi connectivity index (χ3n) is 4.51. The summed E-state index contributed by atoms with van der Waals surface area (Å²) in [4.78, 5) is 18.1. The first kappa shape index (κ1) is 16.0. The molecule has 27 heavy (non-hydrogen) atoms. The van der Waals surface area contributed by atoms with Crippen LogP contribution in [0, 0.1) is 12.7 Å². The fraction of sp³-hybridized carbons (Fsp3) is 0.0476. The molecule has 0 saturated carbocycles. The Hall–Kier alpha value is -3.25. The van der Waals surface area contributed by atoms with Crippen LogP contribution in [0.5, 0.6) is 0 Å². The number of hydrogen-bond donors (Lipinski definition) is 0. The summed E-state index contributed by atoms with van der Waals surface area (Å²) in [6, 6.07) is 15.6. The maximum Gasteiger partial charge on any atom is 0.275 e. The van der Waals surface area contributed by atoms with Gasteiger partial charge in [-0.1, -0.05) is 35.6 Å². The van der Waals surface area contributed by atoms with Crippen LogP contribution in [0.4, 0.5) is 4.39 Å². The number of halogens is 1. The van der Waals surface area contributed by atoms with Crippen molar-refractivity contribution in [2.45, 2.75) is 6.92 Å². The lowest BCUT2D eigenvalue weighted by Gasteiger charge is -1.97. The molecule has 0 aliphatic carbocycles. The zero-order chi connectivity index (χ0) is 18.5. The van der Waals surface area contributed by atoms with Crippen molar-refractivity contribution in [3.8, 4) is 11.3 Å². The Bertz CT molecular complexity index is 1430. The minimum Gasteiger partial charge on any atom is -0.457 e. The topological polar surface area (TPSA) is 47.5 Å². The molecule has 3 aromatic heterocycles. The SMILES string of the molecule is Cc1cccc2c1nc1s/c(=C\c3ccc(-c4ccccc4F)o3)c(=O)n12. The summed E-state index contributed by atoms with van der Waals surface area (Å²) < 4.78 is 21.8. The van der Waals surface area contributed by atoms with Crippen molar-refractivity contribution in [2.75, 3.05) is 0 Å². The fourth-order valence-electron chi connectivity index (χ4n) is 3.19. The highest BCUT2D eigenvalue weighted by molar-refractivity contribution is 7.15. The number of aryl methyl sites for hydroxylation is 1. The number of nitrogens with zero attached hydrogens (tertiary/aromatic N) is 2. The average molecular weight is 376 g/mol. The predicted octanol–water partition coefficient (Wildman–Crippen LogP) is 4.16. The molecule has 6 heteroatoms. The van der Waals surface area contributed by atoms with Gasteiger partial charge in [-0.15, -0.1) is 0 Å². The van der Waals surface area contributed by atoms with E-state index in [1.807, 2.05) is 25.1 Å². The van der Waals surface area contributed by atoms with Gasteiger partial charge in [-0.25, -0.2) is 13.8 Å². The molecule has 5 rings (SSSR count). The zero-order valence-electron chi connectivity index (χ0n) is 14.3. The summed E-state index contributed by atoms with van der Waals surface area (Å²) in [5, 5.41) is 0. The summed E-state index contributed by atoms with van der Waals surface area (Å²) in [5.41, 5.74) is 2.94. The molecule has 0 unspecified atom stereocenters. The fourth-order valence-corrected chi connectivity index (χ4v) is 4.15. The van der Waals surface area contributed by atoms with Gasteiger partial charge >= 0.3 is 0 Å². The van der Waals surface area contributed by atoms with Crippen molar-refractivity contribution in [2.24, 2.45) is 0 Å². The minimum atomic E-state index is -0.348. The summed E-state index contributed by atoms with van der Waals surface area (Å²) >= 11 is 1.31. The first-order valence-electron chi connectivity index (χ1n) is 8.39. The molecule has 5 aromatic rings. The van der Waals surface area contributed by atoms with Crippen LogP contribution in [0.25, 0.3) is 33.4 Å². The van der Waals surface area contributed by atoms with Crippen molar-refractivity contribution in [1.82, 2.24) is 9.38 Å². The van der Waals surface area contributed by atoms with E-state index in [2.05, 4.69) is 4.98 Å². The highest BCUT2D eigenvalue weighted by Gasteiger charge is 2.13. The van der Waals surface area contributed by atoms with Crippen molar-refractivity contribution in [3.63, 3.8) is 0 Å². The summed E-state index contributed by atoms with van der Waals surface area (Å²) in [6.07, 6.45) is 1.67. The normalized spacial score (nSPS) is 12.4. The Morgan fingerprint density at radius 1 is 1.11 bits per heavy atom. The van der Waals surface area contributed by atoms with Crippen molar-refractivity contribution in [1.29, 1.82) is 0 Å². The summed E-state index contributed by atoms with van der Waals surface area (Å²) in [5.74, 6) is 0.573. The smallest absolute Gasteiger partial charge is 0.275 e. The van der Waals surface area contributed by atoms with E-state index in [0.717, 1.165) is 16.6 Å². The number of furan rings is 1. The first-order valence-corrected chi connectivity index (χ1v) is 9.20. The van der Waals surface area contributed by atoms with E-state index in [-0.39, 0.29) is 11.4 Å². The maximum atomic E-state index is 13.9. The Morgan fingerprint density at radius 2 is 1.96 bits per heavy atom. The van der Waals surface area contributed by atoms with Crippen molar-refractivity contribution in [3.05, 3.63) is 86.6 Å². The van der Waals surface area contributed by atoms with E-state index in [1.165, 1.54) is 17.4 Å². The maximum absolute atomic E-state index is 13.9. The first-order chi connectivity index (χ1) is 13.1. The molecule has 0 radical (unpaired) electrons. The van der Waals surface area contributed by atoms with Gasteiger partial charge in [0.15, 0.2) is 4.96 Å². The van der Waals surface area contributed by atoms with Crippen LogP contribution in [0.2, 0.25) is 0 Å². The van der Waals surface area contributed by atoms with Crippen molar-refractivity contribution < 1.29 is 8.81 Å². The predicted molar refractivity (Wildman–Crippen MR) is 104 cm³/mol. The van der Waals surface area contributed by atoms with Crippen LogP contribution < -0.4 is 10.1 Å². The van der Waals surface area contributed by atoms with Gasteiger partial charge in [0, 0.05) is 6.08 Å². The second kappa shape index (κ2) is 5.89. The van der Waals surface area contributed by atoms with E-state index in [4.69, 9.17) is 4.42 Å². The number of para-hydroxylation sites is 1. The number of rotatable bonds is 2. The molecular weight excluding hydrogens is 363 g/mol. The molecule has 0 saturated heterocycles. The molecule has 0 spiro atoms. The van der Waals surface area contributed by atoms with Gasteiger partial charge < -0.3 is 4.42 Å². The van der Waals surface area contributed by atoms with E-state index in [9.17, 15) is 9.18 Å². The number of hydrogen-bond acceptors (Lipinski definition) is 4. The molecule has 3 heterocycles. The summed E-state index contributed by atoms with van der Waals surface area (Å²) in [6.45, 7) is 1.98. The van der Waals surface area contributed by atoms with Crippen LogP contribution in [0.15, 0.2) is 63.8 Å². The van der Waals surface area contributed by atoms with Crippen LogP contribution in [-0.4, -0.2) is 9.38 Å². The Balaban J connectivity index is 1.65. The molecule has 4 nitrogen and oxygen atoms in total. The van der Waals surface area contributed by atoms with E-state index in [1.54, 1.807) is 40.8 Å². The van der Waals surface area contributed by atoms with Crippen LogP contribution in [-0.2, 0) is 0 Å².